The first-order valence-corrected chi connectivity index (χ1v) is 8.97. The van der Waals surface area contributed by atoms with Crippen molar-refractivity contribution >= 4 is 39.1 Å². The summed E-state index contributed by atoms with van der Waals surface area (Å²) in [5.41, 5.74) is 2.40. The molecule has 27 heavy (non-hydrogen) atoms. The average molecular weight is 427 g/mol. The van der Waals surface area contributed by atoms with Gasteiger partial charge in [0.1, 0.15) is 5.82 Å². The smallest absolute Gasteiger partial charge is 0.256 e. The monoisotopic (exact) mass is 426 g/mol. The zero-order valence-corrected chi connectivity index (χ0v) is 16.0. The lowest BCUT2D eigenvalue weighted by atomic mass is 10.1. The first-order chi connectivity index (χ1) is 13.0. The van der Waals surface area contributed by atoms with Crippen LogP contribution in [0.25, 0.3) is 0 Å². The fraction of sp³-hybridized carbons (Fsp3) is 0.0476. The third kappa shape index (κ3) is 4.41. The quantitative estimate of drug-likeness (QED) is 0.586. The second-order valence-corrected chi connectivity index (χ2v) is 6.73. The van der Waals surface area contributed by atoms with Gasteiger partial charge in [-0.05, 0) is 70.9 Å². The van der Waals surface area contributed by atoms with Crippen LogP contribution in [-0.2, 0) is 0 Å². The molecule has 3 rings (SSSR count). The molecule has 0 heterocycles. The van der Waals surface area contributed by atoms with E-state index in [0.29, 0.717) is 27.0 Å². The Morgan fingerprint density at radius 3 is 2.30 bits per heavy atom. The van der Waals surface area contributed by atoms with Crippen molar-refractivity contribution in [1.29, 1.82) is 0 Å². The molecule has 136 valence electrons. The van der Waals surface area contributed by atoms with Gasteiger partial charge in [0.15, 0.2) is 0 Å². The molecule has 3 aromatic rings. The standard InChI is InChI=1S/C21H16BrFN2O2/c1-13-16(20(26)24-15-6-3-2-4-7-15)8-5-9-19(13)25-21(27)17-12-14(23)10-11-18(17)22/h2-12H,1H3,(H,24,26)(H,25,27). The van der Waals surface area contributed by atoms with Crippen LogP contribution in [0.15, 0.2) is 71.2 Å². The highest BCUT2D eigenvalue weighted by Gasteiger charge is 2.16. The van der Waals surface area contributed by atoms with Gasteiger partial charge in [0.25, 0.3) is 11.8 Å². The summed E-state index contributed by atoms with van der Waals surface area (Å²) < 4.78 is 13.9. The Hall–Kier alpha value is -2.99. The second-order valence-electron chi connectivity index (χ2n) is 5.88. The predicted molar refractivity (Wildman–Crippen MR) is 108 cm³/mol. The molecular formula is C21H16BrFN2O2. The van der Waals surface area contributed by atoms with E-state index in [1.807, 2.05) is 18.2 Å². The van der Waals surface area contributed by atoms with Gasteiger partial charge in [0.05, 0.1) is 5.56 Å². The molecule has 4 nitrogen and oxygen atoms in total. The van der Waals surface area contributed by atoms with Crippen LogP contribution in [-0.4, -0.2) is 11.8 Å². The number of rotatable bonds is 4. The molecule has 0 aliphatic heterocycles. The minimum absolute atomic E-state index is 0.175. The number of para-hydroxylation sites is 1. The van der Waals surface area contributed by atoms with Crippen molar-refractivity contribution in [3.8, 4) is 0 Å². The summed E-state index contributed by atoms with van der Waals surface area (Å²) in [5.74, 6) is -1.25. The van der Waals surface area contributed by atoms with Crippen LogP contribution in [0.5, 0.6) is 0 Å². The first kappa shape index (κ1) is 18.8. The van der Waals surface area contributed by atoms with Gasteiger partial charge in [-0.15, -0.1) is 0 Å². The number of anilines is 2. The van der Waals surface area contributed by atoms with Crippen LogP contribution in [0.4, 0.5) is 15.8 Å². The van der Waals surface area contributed by atoms with Crippen LogP contribution in [0, 0.1) is 12.7 Å². The maximum absolute atomic E-state index is 13.4. The van der Waals surface area contributed by atoms with E-state index in [1.165, 1.54) is 12.1 Å². The lowest BCUT2D eigenvalue weighted by Crippen LogP contribution is -2.17. The number of nitrogens with one attached hydrogen (secondary N) is 2. The molecule has 2 amide bonds. The number of carbonyl (C=O) groups excluding carboxylic acids is 2. The number of hydrogen-bond acceptors (Lipinski definition) is 2. The molecule has 0 radical (unpaired) electrons. The summed E-state index contributed by atoms with van der Waals surface area (Å²) >= 11 is 3.25. The number of halogens is 2. The van der Waals surface area contributed by atoms with E-state index in [-0.39, 0.29) is 11.5 Å². The maximum Gasteiger partial charge on any atom is 0.256 e. The lowest BCUT2D eigenvalue weighted by molar-refractivity contribution is 0.101. The van der Waals surface area contributed by atoms with Crippen LogP contribution in [0.1, 0.15) is 26.3 Å². The van der Waals surface area contributed by atoms with Crippen molar-refractivity contribution in [3.05, 3.63) is 93.7 Å². The van der Waals surface area contributed by atoms with Gasteiger partial charge >= 0.3 is 0 Å². The fourth-order valence-corrected chi connectivity index (χ4v) is 3.02. The maximum atomic E-state index is 13.4. The summed E-state index contributed by atoms with van der Waals surface area (Å²) in [6, 6.07) is 18.1. The molecule has 2 N–H and O–H groups in total. The third-order valence-electron chi connectivity index (χ3n) is 4.03. The van der Waals surface area contributed by atoms with Crippen LogP contribution in [0.3, 0.4) is 0 Å². The number of benzene rings is 3. The number of amides is 2. The molecule has 0 saturated heterocycles. The Morgan fingerprint density at radius 1 is 0.852 bits per heavy atom. The lowest BCUT2D eigenvalue weighted by Gasteiger charge is -2.13. The van der Waals surface area contributed by atoms with E-state index in [4.69, 9.17) is 0 Å². The zero-order valence-electron chi connectivity index (χ0n) is 14.4. The van der Waals surface area contributed by atoms with Gasteiger partial charge in [-0.3, -0.25) is 9.59 Å². The SMILES string of the molecule is Cc1c(NC(=O)c2cc(F)ccc2Br)cccc1C(=O)Nc1ccccc1. The van der Waals surface area contributed by atoms with Gasteiger partial charge in [0, 0.05) is 21.4 Å². The molecule has 0 aliphatic carbocycles. The minimum atomic E-state index is -0.504. The summed E-state index contributed by atoms with van der Waals surface area (Å²) in [6.45, 7) is 1.75. The molecular weight excluding hydrogens is 411 g/mol. The zero-order chi connectivity index (χ0) is 19.4. The van der Waals surface area contributed by atoms with Gasteiger partial charge in [-0.2, -0.15) is 0 Å². The van der Waals surface area contributed by atoms with Crippen molar-refractivity contribution in [1.82, 2.24) is 0 Å². The van der Waals surface area contributed by atoms with E-state index in [1.54, 1.807) is 37.3 Å². The molecule has 0 spiro atoms. The van der Waals surface area contributed by atoms with Gasteiger partial charge < -0.3 is 10.6 Å². The Balaban J connectivity index is 1.83. The number of carbonyl (C=O) groups is 2. The van der Waals surface area contributed by atoms with Crippen molar-refractivity contribution in [3.63, 3.8) is 0 Å². The average Bonchev–Trinajstić information content (AvgIpc) is 2.66. The van der Waals surface area contributed by atoms with Crippen LogP contribution in [0.2, 0.25) is 0 Å². The van der Waals surface area contributed by atoms with E-state index in [2.05, 4.69) is 26.6 Å². The van der Waals surface area contributed by atoms with Gasteiger partial charge in [0.2, 0.25) is 0 Å². The molecule has 0 atom stereocenters. The van der Waals surface area contributed by atoms with E-state index in [9.17, 15) is 14.0 Å². The first-order valence-electron chi connectivity index (χ1n) is 8.18. The van der Waals surface area contributed by atoms with Crippen molar-refractivity contribution in [2.45, 2.75) is 6.92 Å². The highest BCUT2D eigenvalue weighted by atomic mass is 79.9. The van der Waals surface area contributed by atoms with Crippen molar-refractivity contribution in [2.75, 3.05) is 10.6 Å². The Morgan fingerprint density at radius 2 is 1.56 bits per heavy atom. The van der Waals surface area contributed by atoms with E-state index in [0.717, 1.165) is 6.07 Å². The second kappa shape index (κ2) is 8.14. The van der Waals surface area contributed by atoms with E-state index >= 15 is 0 Å². The van der Waals surface area contributed by atoms with Gasteiger partial charge in [-0.1, -0.05) is 24.3 Å². The summed E-state index contributed by atoms with van der Waals surface area (Å²) in [5, 5.41) is 5.56. The van der Waals surface area contributed by atoms with Crippen LogP contribution >= 0.6 is 15.9 Å². The largest absolute Gasteiger partial charge is 0.322 e. The fourth-order valence-electron chi connectivity index (χ4n) is 2.60. The molecule has 0 fully saturated rings. The van der Waals surface area contributed by atoms with Crippen molar-refractivity contribution in [2.24, 2.45) is 0 Å². The summed E-state index contributed by atoms with van der Waals surface area (Å²) in [6.07, 6.45) is 0. The highest BCUT2D eigenvalue weighted by Crippen LogP contribution is 2.23. The number of hydrogen-bond donors (Lipinski definition) is 2. The Labute approximate surface area is 164 Å². The highest BCUT2D eigenvalue weighted by molar-refractivity contribution is 9.10. The molecule has 0 aromatic heterocycles. The third-order valence-corrected chi connectivity index (χ3v) is 4.72. The Kier molecular flexibility index (Phi) is 5.66. The van der Waals surface area contributed by atoms with Crippen LogP contribution < -0.4 is 10.6 Å². The minimum Gasteiger partial charge on any atom is -0.322 e. The molecule has 0 saturated carbocycles. The molecule has 0 bridgehead atoms. The molecule has 0 aliphatic rings. The normalized spacial score (nSPS) is 10.3. The topological polar surface area (TPSA) is 58.2 Å². The predicted octanol–water partition coefficient (Wildman–Crippen LogP) is 5.40. The molecule has 0 unspecified atom stereocenters. The van der Waals surface area contributed by atoms with Crippen molar-refractivity contribution < 1.29 is 14.0 Å². The molecule has 6 heteroatoms. The van der Waals surface area contributed by atoms with Gasteiger partial charge in [-0.25, -0.2) is 4.39 Å². The Bertz CT molecular complexity index is 1010. The summed E-state index contributed by atoms with van der Waals surface area (Å²) in [4.78, 5) is 25.1. The molecule has 3 aromatic carbocycles. The summed E-state index contributed by atoms with van der Waals surface area (Å²) in [7, 11) is 0. The van der Waals surface area contributed by atoms with E-state index < -0.39 is 11.7 Å².